The minimum atomic E-state index is -0.507. The summed E-state index contributed by atoms with van der Waals surface area (Å²) in [5, 5.41) is 10.0. The minimum absolute atomic E-state index is 0.373. The lowest BCUT2D eigenvalue weighted by molar-refractivity contribution is 0.0448. The van der Waals surface area contributed by atoms with Crippen molar-refractivity contribution in [2.24, 2.45) is 4.99 Å². The zero-order chi connectivity index (χ0) is 21.4. The fourth-order valence-electron chi connectivity index (χ4n) is 3.44. The number of amides is 1. The van der Waals surface area contributed by atoms with E-state index in [0.717, 1.165) is 44.7 Å². The molecule has 0 unspecified atom stereocenters. The van der Waals surface area contributed by atoms with Gasteiger partial charge in [-0.1, -0.05) is 13.8 Å². The number of alkyl carbamates (subject to hydrolysis) is 1. The van der Waals surface area contributed by atoms with Crippen LogP contribution < -0.4 is 16.0 Å². The number of rotatable bonds is 7. The molecule has 0 radical (unpaired) electrons. The van der Waals surface area contributed by atoms with E-state index in [-0.39, 0.29) is 11.6 Å². The van der Waals surface area contributed by atoms with Gasteiger partial charge in [0.25, 0.3) is 0 Å². The Hall–Kier alpha value is -1.50. The predicted octanol–water partition coefficient (Wildman–Crippen LogP) is 3.11. The van der Waals surface area contributed by atoms with Crippen LogP contribution in [0.4, 0.5) is 4.79 Å². The average molecular weight is 398 g/mol. The van der Waals surface area contributed by atoms with E-state index in [0.29, 0.717) is 18.6 Å². The molecular weight excluding hydrogens is 354 g/mol. The molecule has 3 N–H and O–H groups in total. The largest absolute Gasteiger partial charge is 0.444 e. The van der Waals surface area contributed by atoms with E-state index >= 15 is 0 Å². The number of carbonyl (C=O) groups is 1. The Morgan fingerprint density at radius 1 is 1.18 bits per heavy atom. The van der Waals surface area contributed by atoms with Crippen LogP contribution in [0.3, 0.4) is 0 Å². The number of ether oxygens (including phenoxy) is 1. The number of nitrogens with zero attached hydrogens (tertiary/aromatic N) is 2. The summed E-state index contributed by atoms with van der Waals surface area (Å²) in [4.78, 5) is 19.2. The van der Waals surface area contributed by atoms with E-state index in [1.807, 2.05) is 20.8 Å². The molecule has 1 amide bonds. The molecule has 1 fully saturated rings. The smallest absolute Gasteiger partial charge is 0.408 e. The van der Waals surface area contributed by atoms with Crippen LogP contribution >= 0.6 is 0 Å². The second-order valence-corrected chi connectivity index (χ2v) is 9.09. The molecular formula is C21H43N5O2. The molecule has 1 aliphatic rings. The van der Waals surface area contributed by atoms with Crippen molar-refractivity contribution in [1.29, 1.82) is 0 Å². The van der Waals surface area contributed by atoms with Gasteiger partial charge in [0.05, 0.1) is 5.54 Å². The van der Waals surface area contributed by atoms with Gasteiger partial charge >= 0.3 is 6.09 Å². The normalized spacial score (nSPS) is 17.5. The maximum absolute atomic E-state index is 12.3. The fourth-order valence-corrected chi connectivity index (χ4v) is 3.44. The van der Waals surface area contributed by atoms with Crippen LogP contribution in [0.1, 0.15) is 74.1 Å². The van der Waals surface area contributed by atoms with Crippen molar-refractivity contribution in [3.63, 3.8) is 0 Å². The Morgan fingerprint density at radius 3 is 2.18 bits per heavy atom. The number of hydrogen-bond donors (Lipinski definition) is 3. The van der Waals surface area contributed by atoms with Gasteiger partial charge in [-0.25, -0.2) is 4.79 Å². The summed E-state index contributed by atoms with van der Waals surface area (Å²) in [5.74, 6) is 0.792. The number of carbonyl (C=O) groups excluding carboxylic acids is 1. The highest BCUT2D eigenvalue weighted by Crippen LogP contribution is 2.17. The zero-order valence-corrected chi connectivity index (χ0v) is 19.3. The van der Waals surface area contributed by atoms with E-state index < -0.39 is 5.60 Å². The standard InChI is InChI=1S/C21H43N5O2/c1-9-21(10-2,25-19(27)28-20(5,6)7)15-23-18(22-8)24-17-11-13-26(14-12-17)16(3)4/h16-17H,9-15H2,1-8H3,(H,25,27)(H2,22,23,24). The third-order valence-corrected chi connectivity index (χ3v) is 5.54. The van der Waals surface area contributed by atoms with E-state index in [1.54, 1.807) is 7.05 Å². The van der Waals surface area contributed by atoms with Gasteiger partial charge in [-0.15, -0.1) is 0 Å². The number of nitrogens with one attached hydrogen (secondary N) is 3. The molecule has 164 valence electrons. The van der Waals surface area contributed by atoms with Gasteiger partial charge in [-0.3, -0.25) is 4.99 Å². The lowest BCUT2D eigenvalue weighted by Crippen LogP contribution is -2.58. The van der Waals surface area contributed by atoms with Gasteiger partial charge in [0.15, 0.2) is 5.96 Å². The molecule has 0 aliphatic carbocycles. The third-order valence-electron chi connectivity index (χ3n) is 5.54. The lowest BCUT2D eigenvalue weighted by atomic mass is 9.93. The first kappa shape index (κ1) is 24.5. The summed E-state index contributed by atoms with van der Waals surface area (Å²) in [5.41, 5.74) is -0.881. The van der Waals surface area contributed by atoms with Crippen molar-refractivity contribution >= 4 is 12.1 Å². The predicted molar refractivity (Wildman–Crippen MR) is 117 cm³/mol. The van der Waals surface area contributed by atoms with Crippen LogP contribution in [0, 0.1) is 0 Å². The molecule has 0 aromatic rings. The highest BCUT2D eigenvalue weighted by Gasteiger charge is 2.31. The van der Waals surface area contributed by atoms with E-state index in [4.69, 9.17) is 4.74 Å². The van der Waals surface area contributed by atoms with Crippen LogP contribution in [0.25, 0.3) is 0 Å². The maximum atomic E-state index is 12.3. The quantitative estimate of drug-likeness (QED) is 0.454. The van der Waals surface area contributed by atoms with Crippen molar-refractivity contribution < 1.29 is 9.53 Å². The molecule has 1 heterocycles. The molecule has 0 spiro atoms. The van der Waals surface area contributed by atoms with Crippen LogP contribution in [0.15, 0.2) is 4.99 Å². The van der Waals surface area contributed by atoms with Crippen molar-refractivity contribution in [2.45, 2.75) is 97.4 Å². The van der Waals surface area contributed by atoms with E-state index in [9.17, 15) is 4.79 Å². The Labute approximate surface area is 172 Å². The number of hydrogen-bond acceptors (Lipinski definition) is 4. The topological polar surface area (TPSA) is 78.0 Å². The Balaban J connectivity index is 2.59. The number of aliphatic imine (C=N–C) groups is 1. The molecule has 7 heteroatoms. The first-order valence-electron chi connectivity index (χ1n) is 10.8. The molecule has 0 aromatic heterocycles. The molecule has 0 atom stereocenters. The first-order valence-corrected chi connectivity index (χ1v) is 10.8. The third kappa shape index (κ3) is 8.25. The molecule has 0 saturated carbocycles. The van der Waals surface area contributed by atoms with Crippen molar-refractivity contribution in [2.75, 3.05) is 26.7 Å². The minimum Gasteiger partial charge on any atom is -0.444 e. The number of guanidine groups is 1. The van der Waals surface area contributed by atoms with Gasteiger partial charge in [-0.05, 0) is 60.3 Å². The molecule has 7 nitrogen and oxygen atoms in total. The van der Waals surface area contributed by atoms with Crippen molar-refractivity contribution in [3.05, 3.63) is 0 Å². The molecule has 1 rings (SSSR count). The Kier molecular flexibility index (Phi) is 9.54. The highest BCUT2D eigenvalue weighted by atomic mass is 16.6. The molecule has 1 saturated heterocycles. The number of likely N-dealkylation sites (tertiary alicyclic amines) is 1. The second-order valence-electron chi connectivity index (χ2n) is 9.09. The van der Waals surface area contributed by atoms with Gasteiger partial charge in [0.1, 0.15) is 5.60 Å². The summed E-state index contributed by atoms with van der Waals surface area (Å²) >= 11 is 0. The SMILES string of the molecule is CCC(CC)(CNC(=NC)NC1CCN(C(C)C)CC1)NC(=O)OC(C)(C)C. The second kappa shape index (κ2) is 10.9. The van der Waals surface area contributed by atoms with E-state index in [2.05, 4.69) is 53.5 Å². The zero-order valence-electron chi connectivity index (χ0n) is 19.3. The van der Waals surface area contributed by atoms with Crippen LogP contribution in [0.2, 0.25) is 0 Å². The summed E-state index contributed by atoms with van der Waals surface area (Å²) in [6, 6.07) is 1.03. The fraction of sp³-hybridized carbons (Fsp3) is 0.905. The number of piperidine rings is 1. The van der Waals surface area contributed by atoms with Crippen LogP contribution in [0.5, 0.6) is 0 Å². The summed E-state index contributed by atoms with van der Waals surface area (Å²) in [7, 11) is 1.79. The van der Waals surface area contributed by atoms with Crippen LogP contribution in [-0.4, -0.2) is 66.9 Å². The first-order chi connectivity index (χ1) is 13.0. The van der Waals surface area contributed by atoms with Crippen LogP contribution in [-0.2, 0) is 4.74 Å². The lowest BCUT2D eigenvalue weighted by Gasteiger charge is -2.37. The monoisotopic (exact) mass is 397 g/mol. The van der Waals surface area contributed by atoms with Crippen molar-refractivity contribution in [3.8, 4) is 0 Å². The van der Waals surface area contributed by atoms with Gasteiger partial charge in [0.2, 0.25) is 0 Å². The summed E-state index contributed by atoms with van der Waals surface area (Å²) in [6.45, 7) is 17.1. The Bertz CT molecular complexity index is 501. The average Bonchev–Trinajstić information content (AvgIpc) is 2.62. The molecule has 1 aliphatic heterocycles. The molecule has 0 bridgehead atoms. The van der Waals surface area contributed by atoms with Gasteiger partial charge < -0.3 is 25.6 Å². The maximum Gasteiger partial charge on any atom is 0.408 e. The van der Waals surface area contributed by atoms with Gasteiger partial charge in [0, 0.05) is 38.8 Å². The molecule has 0 aromatic carbocycles. The van der Waals surface area contributed by atoms with Crippen molar-refractivity contribution in [1.82, 2.24) is 20.9 Å². The highest BCUT2D eigenvalue weighted by molar-refractivity contribution is 5.80. The van der Waals surface area contributed by atoms with E-state index in [1.165, 1.54) is 0 Å². The van der Waals surface area contributed by atoms with Gasteiger partial charge in [-0.2, -0.15) is 0 Å². The summed E-state index contributed by atoms with van der Waals surface area (Å²) in [6.07, 6.45) is 3.46. The summed E-state index contributed by atoms with van der Waals surface area (Å²) < 4.78 is 5.45. The molecule has 28 heavy (non-hydrogen) atoms. The Morgan fingerprint density at radius 2 is 1.75 bits per heavy atom.